The third kappa shape index (κ3) is 3.59. The van der Waals surface area contributed by atoms with Crippen molar-refractivity contribution < 1.29 is 18.8 Å². The van der Waals surface area contributed by atoms with Gasteiger partial charge in [-0.2, -0.15) is 0 Å². The van der Waals surface area contributed by atoms with Crippen LogP contribution in [0.4, 0.5) is 4.39 Å². The molecule has 0 aliphatic carbocycles. The van der Waals surface area contributed by atoms with Gasteiger partial charge < -0.3 is 15.5 Å². The lowest BCUT2D eigenvalue weighted by molar-refractivity contribution is -0.136. The van der Waals surface area contributed by atoms with Gasteiger partial charge in [-0.3, -0.25) is 19.7 Å². The van der Waals surface area contributed by atoms with Crippen LogP contribution in [0.2, 0.25) is 0 Å². The van der Waals surface area contributed by atoms with Crippen LogP contribution >= 0.6 is 0 Å². The van der Waals surface area contributed by atoms with Gasteiger partial charge in [-0.05, 0) is 23.6 Å². The second-order valence-electron chi connectivity index (χ2n) is 7.46. The Morgan fingerprint density at radius 3 is 2.78 bits per heavy atom. The highest BCUT2D eigenvalue weighted by Crippen LogP contribution is 2.28. The van der Waals surface area contributed by atoms with E-state index >= 15 is 0 Å². The van der Waals surface area contributed by atoms with Gasteiger partial charge in [0.1, 0.15) is 12.2 Å². The molecule has 3 aliphatic rings. The van der Waals surface area contributed by atoms with E-state index in [1.807, 2.05) is 12.1 Å². The van der Waals surface area contributed by atoms with Crippen LogP contribution in [0.3, 0.4) is 0 Å². The van der Waals surface area contributed by atoms with E-state index in [1.165, 1.54) is 4.90 Å². The van der Waals surface area contributed by atoms with E-state index in [0.717, 1.165) is 24.2 Å². The van der Waals surface area contributed by atoms with E-state index in [1.54, 1.807) is 6.07 Å². The van der Waals surface area contributed by atoms with Crippen molar-refractivity contribution in [1.82, 2.24) is 20.9 Å². The van der Waals surface area contributed by atoms with Crippen LogP contribution in [-0.4, -0.2) is 54.5 Å². The maximum atomic E-state index is 13.9. The van der Waals surface area contributed by atoms with Crippen LogP contribution < -0.4 is 16.0 Å². The summed E-state index contributed by atoms with van der Waals surface area (Å²) >= 11 is 0. The summed E-state index contributed by atoms with van der Waals surface area (Å²) in [5.74, 6) is -0.788. The second kappa shape index (κ2) is 7.36. The van der Waals surface area contributed by atoms with E-state index in [0.29, 0.717) is 31.6 Å². The number of piperidine rings is 1. The largest absolute Gasteiger partial charge is 0.322 e. The molecule has 0 radical (unpaired) electrons. The minimum absolute atomic E-state index is 0.0946. The Bertz CT molecular complexity index is 780. The number of nitrogens with one attached hydrogen (secondary N) is 3. The van der Waals surface area contributed by atoms with Gasteiger partial charge in [0.25, 0.3) is 5.91 Å². The maximum absolute atomic E-state index is 13.9. The minimum atomic E-state index is -0.856. The molecule has 144 valence electrons. The molecule has 2 atom stereocenters. The number of halogens is 1. The molecule has 0 aromatic heterocycles. The Morgan fingerprint density at radius 1 is 1.26 bits per heavy atom. The molecule has 2 saturated heterocycles. The van der Waals surface area contributed by atoms with Gasteiger partial charge in [-0.15, -0.1) is 0 Å². The van der Waals surface area contributed by atoms with E-state index in [9.17, 15) is 18.8 Å². The Hall–Kier alpha value is -2.32. The Balaban J connectivity index is 1.37. The number of carbonyl (C=O) groups is 3. The van der Waals surface area contributed by atoms with Crippen LogP contribution in [0.1, 0.15) is 34.3 Å². The van der Waals surface area contributed by atoms with Crippen molar-refractivity contribution in [3.05, 3.63) is 34.9 Å². The molecule has 2 unspecified atom stereocenters. The SMILES string of the molecule is O=C1CCC(N2Cc3cc(CNCC(F)C4CNC4)ccc3C2=O)C(=O)N1. The zero-order valence-corrected chi connectivity index (χ0v) is 15.0. The molecule has 0 spiro atoms. The van der Waals surface area contributed by atoms with E-state index in [4.69, 9.17) is 0 Å². The van der Waals surface area contributed by atoms with Gasteiger partial charge in [-0.1, -0.05) is 12.1 Å². The van der Waals surface area contributed by atoms with Gasteiger partial charge in [0.05, 0.1) is 0 Å². The molecule has 2 fully saturated rings. The zero-order chi connectivity index (χ0) is 19.0. The topological polar surface area (TPSA) is 90.5 Å². The average molecular weight is 374 g/mol. The summed E-state index contributed by atoms with van der Waals surface area (Å²) in [5, 5.41) is 8.50. The van der Waals surface area contributed by atoms with Crippen molar-refractivity contribution in [1.29, 1.82) is 0 Å². The molecular weight excluding hydrogens is 351 g/mol. The fourth-order valence-corrected chi connectivity index (χ4v) is 3.83. The average Bonchev–Trinajstić information content (AvgIpc) is 2.89. The first-order valence-electron chi connectivity index (χ1n) is 9.35. The van der Waals surface area contributed by atoms with Gasteiger partial charge in [-0.25, -0.2) is 4.39 Å². The van der Waals surface area contributed by atoms with Gasteiger partial charge >= 0.3 is 0 Å². The molecule has 7 nitrogen and oxygen atoms in total. The number of rotatable bonds is 6. The summed E-state index contributed by atoms with van der Waals surface area (Å²) in [4.78, 5) is 37.6. The highest BCUT2D eigenvalue weighted by atomic mass is 19.1. The first kappa shape index (κ1) is 18.1. The molecule has 1 aromatic carbocycles. The summed E-state index contributed by atoms with van der Waals surface area (Å²) < 4.78 is 13.9. The Kier molecular flexibility index (Phi) is 4.92. The lowest BCUT2D eigenvalue weighted by atomic mass is 9.97. The molecule has 3 aliphatic heterocycles. The monoisotopic (exact) mass is 374 g/mol. The van der Waals surface area contributed by atoms with Crippen molar-refractivity contribution in [3.8, 4) is 0 Å². The van der Waals surface area contributed by atoms with Gasteiger partial charge in [0.2, 0.25) is 11.8 Å². The predicted octanol–water partition coefficient (Wildman–Crippen LogP) is 0.0947. The van der Waals surface area contributed by atoms with Crippen molar-refractivity contribution in [3.63, 3.8) is 0 Å². The van der Waals surface area contributed by atoms with Crippen molar-refractivity contribution in [2.75, 3.05) is 19.6 Å². The van der Waals surface area contributed by atoms with Gasteiger partial charge in [0.15, 0.2) is 0 Å². The molecule has 3 heterocycles. The Labute approximate surface area is 156 Å². The molecule has 0 saturated carbocycles. The third-order valence-electron chi connectivity index (χ3n) is 5.58. The van der Waals surface area contributed by atoms with Crippen molar-refractivity contribution >= 4 is 17.7 Å². The smallest absolute Gasteiger partial charge is 0.255 e. The lowest BCUT2D eigenvalue weighted by Gasteiger charge is -2.30. The molecular formula is C19H23FN4O3. The summed E-state index contributed by atoms with van der Waals surface area (Å²) in [6, 6.07) is 4.95. The fraction of sp³-hybridized carbons (Fsp3) is 0.526. The summed E-state index contributed by atoms with van der Waals surface area (Å²) in [6.45, 7) is 2.67. The van der Waals surface area contributed by atoms with Crippen LogP contribution in [0.5, 0.6) is 0 Å². The molecule has 3 amide bonds. The minimum Gasteiger partial charge on any atom is -0.322 e. The number of benzene rings is 1. The Morgan fingerprint density at radius 2 is 2.07 bits per heavy atom. The molecule has 0 bridgehead atoms. The lowest BCUT2D eigenvalue weighted by Crippen LogP contribution is -2.52. The summed E-state index contributed by atoms with van der Waals surface area (Å²) in [6.07, 6.45) is -0.260. The van der Waals surface area contributed by atoms with Crippen LogP contribution in [-0.2, 0) is 22.7 Å². The third-order valence-corrected chi connectivity index (χ3v) is 5.58. The molecule has 3 N–H and O–H groups in total. The fourth-order valence-electron chi connectivity index (χ4n) is 3.83. The highest BCUT2D eigenvalue weighted by Gasteiger charge is 2.39. The first-order valence-corrected chi connectivity index (χ1v) is 9.35. The normalized spacial score (nSPS) is 23.8. The summed E-state index contributed by atoms with van der Waals surface area (Å²) in [7, 11) is 0. The standard InChI is InChI=1S/C19H23FN4O3/c20-15(13-7-22-8-13)9-21-6-11-1-2-14-12(5-11)10-24(19(14)27)16-3-4-17(25)23-18(16)26/h1-2,5,13,15-16,21-22H,3-4,6-10H2,(H,23,25,26). The first-order chi connectivity index (χ1) is 13.0. The van der Waals surface area contributed by atoms with Crippen LogP contribution in [0.25, 0.3) is 0 Å². The zero-order valence-electron chi connectivity index (χ0n) is 15.0. The number of alkyl halides is 1. The number of imide groups is 1. The van der Waals surface area contributed by atoms with Crippen LogP contribution in [0, 0.1) is 5.92 Å². The van der Waals surface area contributed by atoms with E-state index in [2.05, 4.69) is 16.0 Å². The van der Waals surface area contributed by atoms with E-state index in [-0.39, 0.29) is 24.2 Å². The van der Waals surface area contributed by atoms with Crippen LogP contribution in [0.15, 0.2) is 18.2 Å². The maximum Gasteiger partial charge on any atom is 0.255 e. The number of hydrogen-bond donors (Lipinski definition) is 3. The molecule has 27 heavy (non-hydrogen) atoms. The molecule has 4 rings (SSSR count). The quantitative estimate of drug-likeness (QED) is 0.615. The number of carbonyl (C=O) groups excluding carboxylic acids is 3. The molecule has 8 heteroatoms. The number of fused-ring (bicyclic) bond motifs is 1. The summed E-state index contributed by atoms with van der Waals surface area (Å²) in [5.41, 5.74) is 2.43. The predicted molar refractivity (Wildman–Crippen MR) is 95.4 cm³/mol. The number of hydrogen-bond acceptors (Lipinski definition) is 5. The number of amides is 3. The molecule has 1 aromatic rings. The highest BCUT2D eigenvalue weighted by molar-refractivity contribution is 6.05. The number of nitrogens with zero attached hydrogens (tertiary/aromatic N) is 1. The van der Waals surface area contributed by atoms with Crippen molar-refractivity contribution in [2.45, 2.75) is 38.1 Å². The van der Waals surface area contributed by atoms with E-state index < -0.39 is 18.1 Å². The van der Waals surface area contributed by atoms with Crippen molar-refractivity contribution in [2.24, 2.45) is 5.92 Å². The second-order valence-corrected chi connectivity index (χ2v) is 7.46. The van der Waals surface area contributed by atoms with Gasteiger partial charge in [0, 0.05) is 50.6 Å².